The fourth-order valence-corrected chi connectivity index (χ4v) is 2.45. The van der Waals surface area contributed by atoms with Crippen LogP contribution in [-0.4, -0.2) is 28.5 Å². The molecule has 3 atom stereocenters. The molecule has 1 amide bonds. The Hall–Kier alpha value is -1.37. The summed E-state index contributed by atoms with van der Waals surface area (Å²) in [5, 5.41) is 23.6. The van der Waals surface area contributed by atoms with Crippen LogP contribution in [0.4, 0.5) is 0 Å². The molecule has 6 nitrogen and oxygen atoms in total. The fourth-order valence-electron chi connectivity index (χ4n) is 1.91. The van der Waals surface area contributed by atoms with Crippen molar-refractivity contribution in [2.24, 2.45) is 5.92 Å². The van der Waals surface area contributed by atoms with Crippen LogP contribution in [0.25, 0.3) is 0 Å². The Labute approximate surface area is 124 Å². The number of benzene rings is 1. The van der Waals surface area contributed by atoms with Crippen molar-refractivity contribution in [3.8, 4) is 0 Å². The monoisotopic (exact) mass is 318 g/mol. The first-order valence-corrected chi connectivity index (χ1v) is 6.69. The van der Waals surface area contributed by atoms with Gasteiger partial charge < -0.3 is 10.4 Å². The zero-order chi connectivity index (χ0) is 14.9. The number of aliphatic hydroxyl groups excluding tert-OH is 1. The lowest BCUT2D eigenvalue weighted by Crippen LogP contribution is -2.31. The maximum absolute atomic E-state index is 11.6. The average Bonchev–Trinajstić information content (AvgIpc) is 3.14. The van der Waals surface area contributed by atoms with Crippen molar-refractivity contribution in [2.75, 3.05) is 6.54 Å². The average molecular weight is 319 g/mol. The molecule has 108 valence electrons. The number of carbonyl (C=O) groups excluding carboxylic acids is 1. The molecular weight excluding hydrogens is 307 g/mol. The van der Waals surface area contributed by atoms with Crippen molar-refractivity contribution in [3.63, 3.8) is 0 Å². The van der Waals surface area contributed by atoms with Gasteiger partial charge in [-0.15, -0.1) is 0 Å². The van der Waals surface area contributed by atoms with E-state index in [0.717, 1.165) is 0 Å². The SMILES string of the molecule is O=C(NC[C@H](O)c1cc(Cl)cc(Cl)c1)[C@@H]1C[C@@H]1[N+](=O)[O-]. The van der Waals surface area contributed by atoms with E-state index < -0.39 is 28.9 Å². The lowest BCUT2D eigenvalue weighted by atomic mass is 10.1. The molecule has 0 saturated heterocycles. The Balaban J connectivity index is 1.88. The molecule has 1 fully saturated rings. The molecule has 0 radical (unpaired) electrons. The molecule has 1 saturated carbocycles. The largest absolute Gasteiger partial charge is 0.387 e. The van der Waals surface area contributed by atoms with Gasteiger partial charge in [-0.05, 0) is 23.8 Å². The molecule has 20 heavy (non-hydrogen) atoms. The van der Waals surface area contributed by atoms with E-state index >= 15 is 0 Å². The fraction of sp³-hybridized carbons (Fsp3) is 0.417. The molecule has 0 aromatic heterocycles. The highest BCUT2D eigenvalue weighted by Gasteiger charge is 2.53. The molecule has 0 unspecified atom stereocenters. The summed E-state index contributed by atoms with van der Waals surface area (Å²) in [5.74, 6) is -1.01. The van der Waals surface area contributed by atoms with Crippen molar-refractivity contribution in [1.29, 1.82) is 0 Å². The minimum Gasteiger partial charge on any atom is -0.387 e. The first-order chi connectivity index (χ1) is 9.38. The Kier molecular flexibility index (Phi) is 4.47. The molecule has 1 aromatic carbocycles. The van der Waals surface area contributed by atoms with Gasteiger partial charge in [-0.3, -0.25) is 14.9 Å². The second kappa shape index (κ2) is 5.95. The minimum absolute atomic E-state index is 0.0452. The molecule has 8 heteroatoms. The quantitative estimate of drug-likeness (QED) is 0.639. The number of nitrogens with zero attached hydrogens (tertiary/aromatic N) is 1. The normalized spacial score (nSPS) is 22.1. The first-order valence-electron chi connectivity index (χ1n) is 5.93. The topological polar surface area (TPSA) is 92.5 Å². The minimum atomic E-state index is -0.969. The number of nitro groups is 1. The van der Waals surface area contributed by atoms with E-state index in [4.69, 9.17) is 23.2 Å². The van der Waals surface area contributed by atoms with Crippen LogP contribution < -0.4 is 5.32 Å². The second-order valence-corrected chi connectivity index (χ2v) is 5.53. The van der Waals surface area contributed by atoms with Crippen LogP contribution in [0.15, 0.2) is 18.2 Å². The van der Waals surface area contributed by atoms with Crippen LogP contribution in [0, 0.1) is 16.0 Å². The maximum Gasteiger partial charge on any atom is 0.230 e. The summed E-state index contributed by atoms with van der Waals surface area (Å²) < 4.78 is 0. The highest BCUT2D eigenvalue weighted by Crippen LogP contribution is 2.33. The van der Waals surface area contributed by atoms with Gasteiger partial charge in [0.05, 0.1) is 6.10 Å². The standard InChI is InChI=1S/C12H12Cl2N2O4/c13-7-1-6(2-8(14)3-7)11(17)5-15-12(18)9-4-10(9)16(19)20/h1-3,9-11,17H,4-5H2,(H,15,18)/t9-,10+,11+/m1/s1. The number of nitrogens with one attached hydrogen (secondary N) is 1. The van der Waals surface area contributed by atoms with E-state index in [0.29, 0.717) is 15.6 Å². The summed E-state index contributed by atoms with van der Waals surface area (Å²) in [5.41, 5.74) is 0.476. The smallest absolute Gasteiger partial charge is 0.230 e. The summed E-state index contributed by atoms with van der Waals surface area (Å²) in [4.78, 5) is 21.6. The molecule has 2 N–H and O–H groups in total. The van der Waals surface area contributed by atoms with Crippen LogP contribution in [0.5, 0.6) is 0 Å². The highest BCUT2D eigenvalue weighted by atomic mass is 35.5. The third kappa shape index (κ3) is 3.59. The van der Waals surface area contributed by atoms with Crippen LogP contribution in [0.1, 0.15) is 18.1 Å². The maximum atomic E-state index is 11.6. The van der Waals surface area contributed by atoms with Gasteiger partial charge in [-0.25, -0.2) is 0 Å². The first kappa shape index (κ1) is 15.0. The molecule has 2 rings (SSSR count). The Morgan fingerprint density at radius 2 is 2.05 bits per heavy atom. The van der Waals surface area contributed by atoms with Crippen LogP contribution in [0.3, 0.4) is 0 Å². The molecule has 0 spiro atoms. The summed E-state index contributed by atoms with van der Waals surface area (Å²) in [6, 6.07) is 3.82. The summed E-state index contributed by atoms with van der Waals surface area (Å²) in [7, 11) is 0. The summed E-state index contributed by atoms with van der Waals surface area (Å²) >= 11 is 11.6. The van der Waals surface area contributed by atoms with E-state index in [9.17, 15) is 20.0 Å². The van der Waals surface area contributed by atoms with Crippen LogP contribution in [0.2, 0.25) is 10.0 Å². The summed E-state index contributed by atoms with van der Waals surface area (Å²) in [6.45, 7) is -0.0452. The lowest BCUT2D eigenvalue weighted by molar-refractivity contribution is -0.497. The van der Waals surface area contributed by atoms with Crippen LogP contribution >= 0.6 is 23.2 Å². The van der Waals surface area contributed by atoms with Gasteiger partial charge >= 0.3 is 0 Å². The lowest BCUT2D eigenvalue weighted by Gasteiger charge is -2.12. The second-order valence-electron chi connectivity index (χ2n) is 4.66. The number of hydrogen-bond donors (Lipinski definition) is 2. The van der Waals surface area contributed by atoms with E-state index in [1.165, 1.54) is 6.07 Å². The highest BCUT2D eigenvalue weighted by molar-refractivity contribution is 6.34. The predicted molar refractivity (Wildman–Crippen MR) is 73.3 cm³/mol. The Morgan fingerprint density at radius 1 is 1.45 bits per heavy atom. The molecule has 1 aromatic rings. The van der Waals surface area contributed by atoms with Crippen molar-refractivity contribution >= 4 is 29.1 Å². The summed E-state index contributed by atoms with van der Waals surface area (Å²) in [6.07, 6.45) is -0.722. The van der Waals surface area contributed by atoms with E-state index in [-0.39, 0.29) is 13.0 Å². The van der Waals surface area contributed by atoms with Crippen molar-refractivity contribution in [1.82, 2.24) is 5.32 Å². The van der Waals surface area contributed by atoms with Crippen molar-refractivity contribution in [3.05, 3.63) is 43.9 Å². The number of carbonyl (C=O) groups is 1. The van der Waals surface area contributed by atoms with Gasteiger partial charge in [0.1, 0.15) is 5.92 Å². The number of amides is 1. The molecular formula is C12H12Cl2N2O4. The zero-order valence-electron chi connectivity index (χ0n) is 10.3. The van der Waals surface area contributed by atoms with Crippen molar-refractivity contribution in [2.45, 2.75) is 18.6 Å². The van der Waals surface area contributed by atoms with Gasteiger partial charge in [0, 0.05) is 27.9 Å². The number of rotatable bonds is 5. The molecule has 1 aliphatic carbocycles. The van der Waals surface area contributed by atoms with Gasteiger partial charge in [0.25, 0.3) is 0 Å². The van der Waals surface area contributed by atoms with E-state index in [1.807, 2.05) is 0 Å². The molecule has 1 aliphatic rings. The van der Waals surface area contributed by atoms with Gasteiger partial charge in [0.2, 0.25) is 11.9 Å². The predicted octanol–water partition coefficient (Wildman–Crippen LogP) is 1.81. The number of aliphatic hydroxyl groups is 1. The third-order valence-electron chi connectivity index (χ3n) is 3.10. The van der Waals surface area contributed by atoms with E-state index in [2.05, 4.69) is 5.32 Å². The van der Waals surface area contributed by atoms with Crippen molar-refractivity contribution < 1.29 is 14.8 Å². The molecule has 0 bridgehead atoms. The van der Waals surface area contributed by atoms with Crippen LogP contribution in [-0.2, 0) is 4.79 Å². The Morgan fingerprint density at radius 3 is 2.55 bits per heavy atom. The number of halogens is 2. The van der Waals surface area contributed by atoms with Gasteiger partial charge in [-0.2, -0.15) is 0 Å². The van der Waals surface area contributed by atoms with E-state index in [1.54, 1.807) is 12.1 Å². The molecule has 0 heterocycles. The Bertz CT molecular complexity index is 532. The molecule has 0 aliphatic heterocycles. The van der Waals surface area contributed by atoms with Gasteiger partial charge in [0.15, 0.2) is 0 Å². The number of hydrogen-bond acceptors (Lipinski definition) is 4. The third-order valence-corrected chi connectivity index (χ3v) is 3.54. The van der Waals surface area contributed by atoms with Gasteiger partial charge in [-0.1, -0.05) is 23.2 Å². The zero-order valence-corrected chi connectivity index (χ0v) is 11.8.